The molecular formula is C12H20ClN3O2S. The molecule has 0 saturated heterocycles. The van der Waals surface area contributed by atoms with Crippen molar-refractivity contribution in [2.24, 2.45) is 0 Å². The first-order valence-corrected chi connectivity index (χ1v) is 7.95. The van der Waals surface area contributed by atoms with E-state index in [-0.39, 0.29) is 10.4 Å². The van der Waals surface area contributed by atoms with Crippen LogP contribution in [0.1, 0.15) is 20.3 Å². The average Bonchev–Trinajstić information content (AvgIpc) is 2.39. The highest BCUT2D eigenvalue weighted by molar-refractivity contribution is 7.89. The maximum atomic E-state index is 11.9. The molecule has 108 valence electrons. The summed E-state index contributed by atoms with van der Waals surface area (Å²) in [6.07, 6.45) is 2.19. The number of hydrogen-bond donors (Lipinski definition) is 1. The number of hydrogen-bond acceptors (Lipinski definition) is 4. The molecule has 5 nitrogen and oxygen atoms in total. The maximum absolute atomic E-state index is 11.9. The van der Waals surface area contributed by atoms with Crippen LogP contribution >= 0.6 is 11.6 Å². The zero-order valence-electron chi connectivity index (χ0n) is 11.6. The smallest absolute Gasteiger partial charge is 0.244 e. The van der Waals surface area contributed by atoms with Gasteiger partial charge in [0.05, 0.1) is 0 Å². The van der Waals surface area contributed by atoms with Gasteiger partial charge in [-0.25, -0.2) is 17.7 Å². The van der Waals surface area contributed by atoms with E-state index in [1.165, 1.54) is 26.4 Å². The Labute approximate surface area is 120 Å². The Kier molecular flexibility index (Phi) is 5.18. The lowest BCUT2D eigenvalue weighted by molar-refractivity contribution is 0.520. The first-order valence-electron chi connectivity index (χ1n) is 5.98. The Morgan fingerprint density at radius 2 is 2.05 bits per heavy atom. The second-order valence-electron chi connectivity index (χ2n) is 4.84. The number of nitrogens with one attached hydrogen (secondary N) is 1. The van der Waals surface area contributed by atoms with Crippen molar-refractivity contribution in [2.45, 2.75) is 30.7 Å². The molecule has 1 rings (SSSR count). The Bertz CT molecular complexity index is 510. The molecule has 1 unspecified atom stereocenters. The van der Waals surface area contributed by atoms with Crippen LogP contribution in [0.25, 0.3) is 0 Å². The summed E-state index contributed by atoms with van der Waals surface area (Å²) in [7, 11) is -0.453. The Hall–Kier alpha value is -0.850. The van der Waals surface area contributed by atoms with Gasteiger partial charge in [-0.05, 0) is 25.5 Å². The van der Waals surface area contributed by atoms with Crippen LogP contribution in [-0.2, 0) is 10.0 Å². The molecule has 0 aliphatic rings. The van der Waals surface area contributed by atoms with Crippen molar-refractivity contribution in [2.75, 3.05) is 25.3 Å². The molecule has 1 heterocycles. The van der Waals surface area contributed by atoms with Crippen molar-refractivity contribution >= 4 is 27.4 Å². The van der Waals surface area contributed by atoms with E-state index in [0.29, 0.717) is 11.7 Å². The number of aromatic nitrogens is 1. The minimum absolute atomic E-state index is 0.173. The number of nitrogens with zero attached hydrogens (tertiary/aromatic N) is 2. The third-order valence-electron chi connectivity index (χ3n) is 3.02. The summed E-state index contributed by atoms with van der Waals surface area (Å²) >= 11 is 5.91. The zero-order valence-corrected chi connectivity index (χ0v) is 13.2. The van der Waals surface area contributed by atoms with E-state index in [9.17, 15) is 8.42 Å². The van der Waals surface area contributed by atoms with Crippen LogP contribution in [0.4, 0.5) is 5.82 Å². The molecule has 19 heavy (non-hydrogen) atoms. The Balaban J connectivity index is 2.95. The first kappa shape index (κ1) is 16.2. The first-order chi connectivity index (χ1) is 8.75. The minimum Gasteiger partial charge on any atom is -0.364 e. The summed E-state index contributed by atoms with van der Waals surface area (Å²) in [4.78, 5) is 4.31. The highest BCUT2D eigenvalue weighted by atomic mass is 35.5. The van der Waals surface area contributed by atoms with Crippen molar-refractivity contribution in [3.63, 3.8) is 0 Å². The number of alkyl halides is 1. The molecule has 1 aromatic rings. The van der Waals surface area contributed by atoms with Gasteiger partial charge in [0.15, 0.2) is 0 Å². The summed E-state index contributed by atoms with van der Waals surface area (Å²) in [5.41, 5.74) is -0.253. The molecule has 0 fully saturated rings. The second-order valence-corrected chi connectivity index (χ2v) is 7.26. The van der Waals surface area contributed by atoms with Crippen LogP contribution in [-0.4, -0.2) is 43.2 Å². The highest BCUT2D eigenvalue weighted by Crippen LogP contribution is 2.20. The summed E-state index contributed by atoms with van der Waals surface area (Å²) < 4.78 is 24.9. The van der Waals surface area contributed by atoms with Gasteiger partial charge in [0.1, 0.15) is 10.7 Å². The lowest BCUT2D eigenvalue weighted by Gasteiger charge is -2.27. The largest absolute Gasteiger partial charge is 0.364 e. The van der Waals surface area contributed by atoms with Gasteiger partial charge in [-0.15, -0.1) is 11.6 Å². The van der Waals surface area contributed by atoms with Crippen molar-refractivity contribution in [1.29, 1.82) is 0 Å². The Morgan fingerprint density at radius 1 is 1.42 bits per heavy atom. The molecule has 0 spiro atoms. The van der Waals surface area contributed by atoms with E-state index in [1.807, 2.05) is 13.8 Å². The van der Waals surface area contributed by atoms with E-state index in [0.717, 1.165) is 10.7 Å². The third-order valence-corrected chi connectivity index (χ3v) is 5.41. The van der Waals surface area contributed by atoms with Gasteiger partial charge in [0, 0.05) is 31.7 Å². The SMILES string of the molecule is CCC(C)(CCl)Nc1ccc(S(=O)(=O)N(C)C)cn1. The Morgan fingerprint density at radius 3 is 2.42 bits per heavy atom. The molecule has 0 aliphatic heterocycles. The average molecular weight is 306 g/mol. The van der Waals surface area contributed by atoms with Crippen molar-refractivity contribution < 1.29 is 8.42 Å². The lowest BCUT2D eigenvalue weighted by Crippen LogP contribution is -2.36. The molecule has 0 aromatic carbocycles. The minimum atomic E-state index is -3.43. The normalized spacial score (nSPS) is 15.3. The maximum Gasteiger partial charge on any atom is 0.244 e. The summed E-state index contributed by atoms with van der Waals surface area (Å²) in [5, 5.41) is 3.21. The highest BCUT2D eigenvalue weighted by Gasteiger charge is 2.22. The molecule has 0 bridgehead atoms. The third kappa shape index (κ3) is 3.81. The molecule has 0 saturated carbocycles. The van der Waals surface area contributed by atoms with Crippen LogP contribution < -0.4 is 5.32 Å². The van der Waals surface area contributed by atoms with Gasteiger partial charge < -0.3 is 5.32 Å². The predicted octanol–water partition coefficient (Wildman–Crippen LogP) is 2.15. The summed E-state index contributed by atoms with van der Waals surface area (Å²) in [6, 6.07) is 3.19. The number of rotatable bonds is 6. The van der Waals surface area contributed by atoms with Crippen molar-refractivity contribution in [1.82, 2.24) is 9.29 Å². The fourth-order valence-corrected chi connectivity index (χ4v) is 2.45. The van der Waals surface area contributed by atoms with E-state index in [1.54, 1.807) is 6.07 Å². The molecule has 7 heteroatoms. The van der Waals surface area contributed by atoms with E-state index >= 15 is 0 Å². The molecular weight excluding hydrogens is 286 g/mol. The lowest BCUT2D eigenvalue weighted by atomic mass is 10.0. The number of pyridine rings is 1. The van der Waals surface area contributed by atoms with Crippen LogP contribution in [0, 0.1) is 0 Å². The molecule has 1 N–H and O–H groups in total. The van der Waals surface area contributed by atoms with E-state index in [4.69, 9.17) is 11.6 Å². The summed E-state index contributed by atoms with van der Waals surface area (Å²) in [6.45, 7) is 4.02. The van der Waals surface area contributed by atoms with E-state index in [2.05, 4.69) is 10.3 Å². The van der Waals surface area contributed by atoms with Gasteiger partial charge in [0.2, 0.25) is 10.0 Å². The number of halogens is 1. The van der Waals surface area contributed by atoms with Gasteiger partial charge in [0.25, 0.3) is 0 Å². The van der Waals surface area contributed by atoms with E-state index < -0.39 is 10.0 Å². The quantitative estimate of drug-likeness (QED) is 0.818. The number of sulfonamides is 1. The van der Waals surface area contributed by atoms with Crippen LogP contribution in [0.3, 0.4) is 0 Å². The monoisotopic (exact) mass is 305 g/mol. The fourth-order valence-electron chi connectivity index (χ4n) is 1.34. The predicted molar refractivity (Wildman–Crippen MR) is 78.1 cm³/mol. The van der Waals surface area contributed by atoms with Gasteiger partial charge >= 0.3 is 0 Å². The van der Waals surface area contributed by atoms with Crippen molar-refractivity contribution in [3.05, 3.63) is 18.3 Å². The molecule has 0 aliphatic carbocycles. The topological polar surface area (TPSA) is 62.3 Å². The van der Waals surface area contributed by atoms with Crippen LogP contribution in [0.2, 0.25) is 0 Å². The zero-order chi connectivity index (χ0) is 14.7. The van der Waals surface area contributed by atoms with Crippen molar-refractivity contribution in [3.8, 4) is 0 Å². The molecule has 1 atom stereocenters. The molecule has 0 amide bonds. The van der Waals surface area contributed by atoms with Crippen LogP contribution in [0.15, 0.2) is 23.2 Å². The van der Waals surface area contributed by atoms with Gasteiger partial charge in [-0.3, -0.25) is 0 Å². The van der Waals surface area contributed by atoms with Gasteiger partial charge in [-0.1, -0.05) is 6.92 Å². The summed E-state index contributed by atoms with van der Waals surface area (Å²) in [5.74, 6) is 1.06. The molecule has 1 aromatic heterocycles. The molecule has 0 radical (unpaired) electrons. The van der Waals surface area contributed by atoms with Gasteiger partial charge in [-0.2, -0.15) is 0 Å². The standard InChI is InChI=1S/C12H20ClN3O2S/c1-5-12(2,9-13)15-11-7-6-10(8-14-11)19(17,18)16(3)4/h6-8H,5,9H2,1-4H3,(H,14,15). The second kappa shape index (κ2) is 6.07. The van der Waals surface area contributed by atoms with Crippen LogP contribution in [0.5, 0.6) is 0 Å². The number of anilines is 1. The fraction of sp³-hybridized carbons (Fsp3) is 0.583.